The van der Waals surface area contributed by atoms with Gasteiger partial charge in [-0.3, -0.25) is 14.5 Å². The number of aromatic hydroxyl groups is 1. The molecule has 2 atom stereocenters. The van der Waals surface area contributed by atoms with Gasteiger partial charge in [0.05, 0.1) is 41.3 Å². The van der Waals surface area contributed by atoms with Gasteiger partial charge in [0.25, 0.3) is 0 Å². The van der Waals surface area contributed by atoms with Crippen LogP contribution in [0.3, 0.4) is 0 Å². The predicted octanol–water partition coefficient (Wildman–Crippen LogP) is 6.74. The van der Waals surface area contributed by atoms with E-state index in [2.05, 4.69) is 39.5 Å². The Morgan fingerprint density at radius 2 is 1.84 bits per heavy atom. The lowest BCUT2D eigenvalue weighted by atomic mass is 9.69. The number of esters is 2. The minimum atomic E-state index is -0.944. The summed E-state index contributed by atoms with van der Waals surface area (Å²) in [4.78, 5) is 43.9. The van der Waals surface area contributed by atoms with Crippen LogP contribution in [0.25, 0.3) is 10.9 Å². The molecule has 3 aromatic carbocycles. The summed E-state index contributed by atoms with van der Waals surface area (Å²) >= 11 is 6.57. The Kier molecular flexibility index (Phi) is 12.7. The first kappa shape index (κ1) is 39.8. The van der Waals surface area contributed by atoms with Crippen molar-refractivity contribution in [3.05, 3.63) is 104 Å². The van der Waals surface area contributed by atoms with Crippen LogP contribution < -0.4 is 15.6 Å². The molecule has 11 nitrogen and oxygen atoms in total. The van der Waals surface area contributed by atoms with E-state index in [0.29, 0.717) is 34.6 Å². The zero-order valence-corrected chi connectivity index (χ0v) is 32.7. The van der Waals surface area contributed by atoms with Crippen LogP contribution in [0.15, 0.2) is 65.5 Å². The van der Waals surface area contributed by atoms with Crippen molar-refractivity contribution in [1.29, 1.82) is 0 Å². The molecule has 8 rings (SSSR count). The monoisotopic (exact) mass is 785 g/mol. The molecule has 4 heterocycles. The molecule has 0 radical (unpaired) electrons. The van der Waals surface area contributed by atoms with Crippen LogP contribution in [0.5, 0.6) is 11.5 Å². The molecule has 56 heavy (non-hydrogen) atoms. The van der Waals surface area contributed by atoms with Gasteiger partial charge in [-0.25, -0.2) is 4.79 Å². The molecule has 1 aliphatic carbocycles. The van der Waals surface area contributed by atoms with Crippen LogP contribution >= 0.6 is 11.6 Å². The van der Waals surface area contributed by atoms with Crippen molar-refractivity contribution in [2.24, 2.45) is 5.92 Å². The second-order valence-corrected chi connectivity index (χ2v) is 16.0. The summed E-state index contributed by atoms with van der Waals surface area (Å²) in [6.45, 7) is 3.76. The maximum absolute atomic E-state index is 14.0. The lowest BCUT2D eigenvalue weighted by Crippen LogP contribution is -2.53. The lowest BCUT2D eigenvalue weighted by Gasteiger charge is -2.45. The van der Waals surface area contributed by atoms with Gasteiger partial charge in [0.1, 0.15) is 17.6 Å². The Hall–Kier alpha value is -4.42. The normalized spacial score (nSPS) is 20.7. The Bertz CT molecular complexity index is 2090. The number of aliphatic hydroxyl groups excluding tert-OH is 1. The van der Waals surface area contributed by atoms with Crippen molar-refractivity contribution in [3.8, 4) is 11.5 Å². The molecule has 1 aromatic heterocycles. The number of methoxy groups -OCH3 is 1. The van der Waals surface area contributed by atoms with Gasteiger partial charge in [0.2, 0.25) is 5.56 Å². The molecule has 0 amide bonds. The third-order valence-electron chi connectivity index (χ3n) is 12.0. The molecule has 4 aromatic rings. The number of aromatic nitrogens is 1. The van der Waals surface area contributed by atoms with E-state index in [1.165, 1.54) is 19.2 Å². The summed E-state index contributed by atoms with van der Waals surface area (Å²) in [7, 11) is 1.51. The standard InChI is InChI=1S/C44H52ClN3O8/c1-54-38-24-34(35(45)23-30(38)25-46-26-37(50)32-11-13-36(49)41-33(32)12-14-40(51)47-41)42(52)55-21-6-3-8-28-9-7-10-31(22-28)44(17-4-2-5-18-44)43(53)56-39-27-48-19-15-29(39)16-20-48/h7,9-14,22-24,29,37,39,46,49-50H,2-6,8,15-21,25-27H2,1H3,(H,47,51)/t37-,39+/m1/s1. The number of phenols is 1. The summed E-state index contributed by atoms with van der Waals surface area (Å²) in [5.41, 5.74) is 2.98. The average molecular weight is 786 g/mol. The number of aryl methyl sites for hydroxylation is 1. The van der Waals surface area contributed by atoms with Crippen molar-refractivity contribution < 1.29 is 34.0 Å². The molecule has 2 bridgehead atoms. The van der Waals surface area contributed by atoms with Crippen LogP contribution in [0.2, 0.25) is 5.02 Å². The molecule has 4 aliphatic rings. The third-order valence-corrected chi connectivity index (χ3v) is 12.3. The number of halogens is 1. The topological polar surface area (TPSA) is 150 Å². The van der Waals surface area contributed by atoms with Gasteiger partial charge in [0, 0.05) is 36.7 Å². The van der Waals surface area contributed by atoms with Crippen molar-refractivity contribution in [2.75, 3.05) is 39.9 Å². The molecule has 4 fully saturated rings. The number of phenolic OH excluding ortho intramolecular Hbond substituents is 1. The van der Waals surface area contributed by atoms with E-state index in [1.54, 1.807) is 24.3 Å². The van der Waals surface area contributed by atoms with Gasteiger partial charge in [-0.15, -0.1) is 0 Å². The number of benzene rings is 3. The van der Waals surface area contributed by atoms with E-state index in [4.69, 9.17) is 25.8 Å². The first-order chi connectivity index (χ1) is 27.1. The maximum Gasteiger partial charge on any atom is 0.339 e. The number of pyridine rings is 1. The summed E-state index contributed by atoms with van der Waals surface area (Å²) in [6, 6.07) is 17.6. The number of nitrogens with one attached hydrogen (secondary N) is 2. The fraction of sp³-hybridized carbons (Fsp3) is 0.477. The average Bonchev–Trinajstić information content (AvgIpc) is 3.21. The number of H-pyrrole nitrogens is 1. The minimum absolute atomic E-state index is 0.00171. The Labute approximate surface area is 332 Å². The second-order valence-electron chi connectivity index (χ2n) is 15.6. The van der Waals surface area contributed by atoms with Crippen LogP contribution in [0.1, 0.15) is 96.5 Å². The van der Waals surface area contributed by atoms with E-state index in [-0.39, 0.29) is 59.2 Å². The highest BCUT2D eigenvalue weighted by atomic mass is 35.5. The minimum Gasteiger partial charge on any atom is -0.506 e. The van der Waals surface area contributed by atoms with Crippen LogP contribution in [-0.4, -0.2) is 78.0 Å². The number of nitrogens with zero attached hydrogens (tertiary/aromatic N) is 1. The summed E-state index contributed by atoms with van der Waals surface area (Å²) in [5.74, 6) is 0.262. The summed E-state index contributed by atoms with van der Waals surface area (Å²) in [6.07, 6.45) is 8.39. The van der Waals surface area contributed by atoms with E-state index < -0.39 is 17.5 Å². The highest BCUT2D eigenvalue weighted by Crippen LogP contribution is 2.42. The van der Waals surface area contributed by atoms with Crippen LogP contribution in [0.4, 0.5) is 0 Å². The number of hydrogen-bond donors (Lipinski definition) is 4. The van der Waals surface area contributed by atoms with Gasteiger partial charge in [-0.2, -0.15) is 0 Å². The van der Waals surface area contributed by atoms with Gasteiger partial charge < -0.3 is 34.7 Å². The summed E-state index contributed by atoms with van der Waals surface area (Å²) in [5, 5.41) is 25.0. The lowest BCUT2D eigenvalue weighted by molar-refractivity contribution is -0.167. The smallest absolute Gasteiger partial charge is 0.339 e. The van der Waals surface area contributed by atoms with Crippen LogP contribution in [0, 0.1) is 5.92 Å². The van der Waals surface area contributed by atoms with E-state index in [9.17, 15) is 24.6 Å². The van der Waals surface area contributed by atoms with Gasteiger partial charge >= 0.3 is 11.9 Å². The molecule has 298 valence electrons. The molecule has 1 saturated carbocycles. The number of aromatic amines is 1. The van der Waals surface area contributed by atoms with Gasteiger partial charge in [-0.1, -0.05) is 61.2 Å². The zero-order chi connectivity index (χ0) is 39.2. The summed E-state index contributed by atoms with van der Waals surface area (Å²) < 4.78 is 17.5. The maximum atomic E-state index is 14.0. The molecule has 3 aliphatic heterocycles. The largest absolute Gasteiger partial charge is 0.506 e. The molecule has 0 unspecified atom stereocenters. The zero-order valence-electron chi connectivity index (χ0n) is 32.0. The Morgan fingerprint density at radius 3 is 2.59 bits per heavy atom. The van der Waals surface area contributed by atoms with Gasteiger partial charge in [-0.05, 0) is 105 Å². The number of carbonyl (C=O) groups excluding carboxylic acids is 2. The van der Waals surface area contributed by atoms with E-state index >= 15 is 0 Å². The molecular formula is C44H52ClN3O8. The number of carbonyl (C=O) groups is 2. The fourth-order valence-corrected chi connectivity index (χ4v) is 9.10. The molecule has 12 heteroatoms. The Balaban J connectivity index is 0.901. The molecular weight excluding hydrogens is 734 g/mol. The molecule has 4 N–H and O–H groups in total. The van der Waals surface area contributed by atoms with Crippen molar-refractivity contribution in [1.82, 2.24) is 15.2 Å². The highest BCUT2D eigenvalue weighted by molar-refractivity contribution is 6.33. The third kappa shape index (κ3) is 8.76. The molecule has 0 spiro atoms. The SMILES string of the molecule is COc1cc(C(=O)OCCCCc2cccc(C3(C(=O)O[C@H]4CN5CCC4CC5)CCCCC3)c2)c(Cl)cc1CNC[C@@H](O)c1ccc(O)c2[nH]c(=O)ccc12. The first-order valence-electron chi connectivity index (χ1n) is 20.0. The number of ether oxygens (including phenoxy) is 3. The number of unbranched alkanes of at least 4 members (excludes halogenated alkanes) is 1. The van der Waals surface area contributed by atoms with Crippen molar-refractivity contribution in [2.45, 2.75) is 88.4 Å². The quantitative estimate of drug-likeness (QED) is 0.0754. The number of fused-ring (bicyclic) bond motifs is 4. The van der Waals surface area contributed by atoms with E-state index in [1.807, 2.05) is 0 Å². The molecule has 3 saturated heterocycles. The second kappa shape index (κ2) is 17.8. The van der Waals surface area contributed by atoms with Crippen LogP contribution in [-0.2, 0) is 32.6 Å². The predicted molar refractivity (Wildman–Crippen MR) is 214 cm³/mol. The van der Waals surface area contributed by atoms with Crippen molar-refractivity contribution >= 4 is 34.4 Å². The highest BCUT2D eigenvalue weighted by Gasteiger charge is 2.46. The first-order valence-corrected chi connectivity index (χ1v) is 20.3. The number of piperidine rings is 3. The van der Waals surface area contributed by atoms with Crippen molar-refractivity contribution in [3.63, 3.8) is 0 Å². The van der Waals surface area contributed by atoms with Gasteiger partial charge in [0.15, 0.2) is 0 Å². The van der Waals surface area contributed by atoms with E-state index in [0.717, 1.165) is 88.5 Å². The fourth-order valence-electron chi connectivity index (χ4n) is 8.84. The number of aliphatic hydroxyl groups is 1. The number of hydrogen-bond acceptors (Lipinski definition) is 10. The Morgan fingerprint density at radius 1 is 1.04 bits per heavy atom. The number of rotatable bonds is 15.